The van der Waals surface area contributed by atoms with E-state index in [4.69, 9.17) is 11.6 Å². The molecule has 19 heavy (non-hydrogen) atoms. The van der Waals surface area contributed by atoms with Crippen LogP contribution in [-0.4, -0.2) is 22.4 Å². The predicted molar refractivity (Wildman–Crippen MR) is 71.0 cm³/mol. The molecule has 6 nitrogen and oxygen atoms in total. The number of nitrogens with two attached hydrogens (primary N) is 1. The highest BCUT2D eigenvalue weighted by Crippen LogP contribution is 2.16. The van der Waals surface area contributed by atoms with Gasteiger partial charge in [-0.1, -0.05) is 12.0 Å². The first-order chi connectivity index (χ1) is 8.48. The van der Waals surface area contributed by atoms with E-state index in [-0.39, 0.29) is 9.79 Å². The zero-order chi connectivity index (χ0) is 14.9. The quantitative estimate of drug-likeness (QED) is 0.765. The Morgan fingerprint density at radius 2 is 1.74 bits per heavy atom. The van der Waals surface area contributed by atoms with Crippen LogP contribution in [0.1, 0.15) is 13.8 Å². The van der Waals surface area contributed by atoms with Gasteiger partial charge in [-0.05, 0) is 32.0 Å². The third-order valence-corrected chi connectivity index (χ3v) is 4.76. The number of terminal acetylenes is 1. The molecule has 0 aromatic heterocycles. The Labute approximate surface area is 113 Å². The maximum atomic E-state index is 12.0. The van der Waals surface area contributed by atoms with E-state index < -0.39 is 25.6 Å². The molecular formula is C11H14N2O4S2. The molecule has 104 valence electrons. The summed E-state index contributed by atoms with van der Waals surface area (Å²) in [7, 11) is -7.89. The van der Waals surface area contributed by atoms with Crippen LogP contribution in [0.2, 0.25) is 0 Å². The number of sulfonamides is 2. The monoisotopic (exact) mass is 302 g/mol. The minimum absolute atomic E-state index is 0.220. The van der Waals surface area contributed by atoms with E-state index in [1.165, 1.54) is 32.0 Å². The van der Waals surface area contributed by atoms with Crippen molar-refractivity contribution in [3.63, 3.8) is 0 Å². The minimum Gasteiger partial charge on any atom is -0.225 e. The lowest BCUT2D eigenvalue weighted by Crippen LogP contribution is -2.42. The number of primary sulfonamides is 1. The Bertz CT molecular complexity index is 728. The summed E-state index contributed by atoms with van der Waals surface area (Å²) in [6.07, 6.45) is 5.20. The van der Waals surface area contributed by atoms with Gasteiger partial charge >= 0.3 is 0 Å². The van der Waals surface area contributed by atoms with Gasteiger partial charge in [-0.25, -0.2) is 22.0 Å². The van der Waals surface area contributed by atoms with E-state index in [0.717, 1.165) is 6.07 Å². The Kier molecular flexibility index (Phi) is 4.07. The largest absolute Gasteiger partial charge is 0.241 e. The normalized spacial score (nSPS) is 12.9. The molecular weight excluding hydrogens is 288 g/mol. The predicted octanol–water partition coefficient (Wildman–Crippen LogP) is 0.0241. The second-order valence-electron chi connectivity index (χ2n) is 4.39. The van der Waals surface area contributed by atoms with E-state index in [1.807, 2.05) is 0 Å². The molecule has 0 amide bonds. The van der Waals surface area contributed by atoms with Crippen LogP contribution >= 0.6 is 0 Å². The van der Waals surface area contributed by atoms with E-state index >= 15 is 0 Å². The van der Waals surface area contributed by atoms with E-state index in [1.54, 1.807) is 0 Å². The van der Waals surface area contributed by atoms with Crippen LogP contribution < -0.4 is 9.86 Å². The molecule has 0 bridgehead atoms. The maximum Gasteiger partial charge on any atom is 0.241 e. The van der Waals surface area contributed by atoms with Gasteiger partial charge in [0.05, 0.1) is 15.3 Å². The van der Waals surface area contributed by atoms with Crippen molar-refractivity contribution in [2.45, 2.75) is 29.2 Å². The molecule has 1 rings (SSSR count). The molecule has 0 fully saturated rings. The van der Waals surface area contributed by atoms with E-state index in [0.29, 0.717) is 0 Å². The van der Waals surface area contributed by atoms with Gasteiger partial charge < -0.3 is 0 Å². The zero-order valence-electron chi connectivity index (χ0n) is 10.4. The van der Waals surface area contributed by atoms with Crippen molar-refractivity contribution in [3.05, 3.63) is 24.3 Å². The fraction of sp³-hybridized carbons (Fsp3) is 0.273. The molecule has 0 saturated heterocycles. The van der Waals surface area contributed by atoms with Gasteiger partial charge in [-0.2, -0.15) is 4.72 Å². The molecule has 0 unspecified atom stereocenters. The van der Waals surface area contributed by atoms with Gasteiger partial charge in [0.1, 0.15) is 0 Å². The van der Waals surface area contributed by atoms with Crippen molar-refractivity contribution >= 4 is 20.0 Å². The van der Waals surface area contributed by atoms with Gasteiger partial charge in [0.2, 0.25) is 20.0 Å². The molecule has 0 aliphatic carbocycles. The Balaban J connectivity index is 3.29. The summed E-state index contributed by atoms with van der Waals surface area (Å²) < 4.78 is 48.7. The average molecular weight is 302 g/mol. The van der Waals surface area contributed by atoms with Crippen molar-refractivity contribution in [3.8, 4) is 12.3 Å². The molecule has 0 heterocycles. The molecule has 0 spiro atoms. The summed E-state index contributed by atoms with van der Waals surface area (Å²) in [5.41, 5.74) is -1.09. The lowest BCUT2D eigenvalue weighted by atomic mass is 10.1. The van der Waals surface area contributed by atoms with Gasteiger partial charge in [0.15, 0.2) is 0 Å². The van der Waals surface area contributed by atoms with Crippen LogP contribution in [-0.2, 0) is 20.0 Å². The molecule has 0 radical (unpaired) electrons. The number of rotatable bonds is 4. The van der Waals surface area contributed by atoms with Gasteiger partial charge in [0, 0.05) is 0 Å². The number of nitrogens with one attached hydrogen (secondary N) is 1. The summed E-state index contributed by atoms with van der Waals surface area (Å²) in [5.74, 6) is 2.28. The van der Waals surface area contributed by atoms with Crippen LogP contribution in [0.15, 0.2) is 34.1 Å². The minimum atomic E-state index is -3.97. The summed E-state index contributed by atoms with van der Waals surface area (Å²) in [4.78, 5) is -0.503. The second kappa shape index (κ2) is 4.94. The molecule has 3 N–H and O–H groups in total. The Morgan fingerprint density at radius 1 is 1.21 bits per heavy atom. The lowest BCUT2D eigenvalue weighted by Gasteiger charge is -2.19. The van der Waals surface area contributed by atoms with E-state index in [9.17, 15) is 16.8 Å². The number of hydrogen-bond donors (Lipinski definition) is 2. The SMILES string of the molecule is C#CC(C)(C)NS(=O)(=O)c1cccc(S(N)(=O)=O)c1. The van der Waals surface area contributed by atoms with Crippen molar-refractivity contribution in [2.24, 2.45) is 5.14 Å². The summed E-state index contributed by atoms with van der Waals surface area (Å²) in [6.45, 7) is 3.02. The zero-order valence-corrected chi connectivity index (χ0v) is 12.0. The van der Waals surface area contributed by atoms with Crippen LogP contribution in [0, 0.1) is 12.3 Å². The molecule has 1 aromatic carbocycles. The Hall–Kier alpha value is -1.40. The average Bonchev–Trinajstić information content (AvgIpc) is 2.27. The van der Waals surface area contributed by atoms with Crippen LogP contribution in [0.5, 0.6) is 0 Å². The molecule has 0 atom stereocenters. The van der Waals surface area contributed by atoms with E-state index in [2.05, 4.69) is 10.6 Å². The van der Waals surface area contributed by atoms with Crippen LogP contribution in [0.4, 0.5) is 0 Å². The number of benzene rings is 1. The maximum absolute atomic E-state index is 12.0. The van der Waals surface area contributed by atoms with Gasteiger partial charge in [0.25, 0.3) is 0 Å². The fourth-order valence-corrected chi connectivity index (χ4v) is 3.27. The first kappa shape index (κ1) is 15.7. The lowest BCUT2D eigenvalue weighted by molar-refractivity contribution is 0.539. The Morgan fingerprint density at radius 3 is 2.21 bits per heavy atom. The second-order valence-corrected chi connectivity index (χ2v) is 7.64. The highest BCUT2D eigenvalue weighted by molar-refractivity contribution is 7.90. The first-order valence-corrected chi connectivity index (χ1v) is 8.15. The third-order valence-electron chi connectivity index (χ3n) is 2.19. The topological polar surface area (TPSA) is 106 Å². The van der Waals surface area contributed by atoms with Crippen molar-refractivity contribution in [1.82, 2.24) is 4.72 Å². The standard InChI is InChI=1S/C11H14N2O4S2/c1-4-11(2,3)13-19(16,17)10-7-5-6-9(8-10)18(12,14)15/h1,5-8,13H,2-3H3,(H2,12,14,15). The highest BCUT2D eigenvalue weighted by Gasteiger charge is 2.25. The van der Waals surface area contributed by atoms with Gasteiger partial charge in [-0.3, -0.25) is 0 Å². The summed E-state index contributed by atoms with van der Waals surface area (Å²) in [6, 6.07) is 4.73. The van der Waals surface area contributed by atoms with Crippen LogP contribution in [0.25, 0.3) is 0 Å². The number of hydrogen-bond acceptors (Lipinski definition) is 4. The van der Waals surface area contributed by atoms with Crippen molar-refractivity contribution < 1.29 is 16.8 Å². The first-order valence-electron chi connectivity index (χ1n) is 5.12. The van der Waals surface area contributed by atoms with Crippen molar-refractivity contribution in [2.75, 3.05) is 0 Å². The molecule has 1 aromatic rings. The summed E-state index contributed by atoms with van der Waals surface area (Å²) in [5, 5.41) is 4.95. The third kappa shape index (κ3) is 4.04. The molecule has 0 saturated carbocycles. The fourth-order valence-electron chi connectivity index (χ4n) is 1.24. The molecule has 0 aliphatic rings. The molecule has 8 heteroatoms. The van der Waals surface area contributed by atoms with Crippen molar-refractivity contribution in [1.29, 1.82) is 0 Å². The van der Waals surface area contributed by atoms with Crippen LogP contribution in [0.3, 0.4) is 0 Å². The van der Waals surface area contributed by atoms with Gasteiger partial charge in [-0.15, -0.1) is 6.42 Å². The molecule has 0 aliphatic heterocycles. The highest BCUT2D eigenvalue weighted by atomic mass is 32.2. The summed E-state index contributed by atoms with van der Waals surface area (Å²) >= 11 is 0. The smallest absolute Gasteiger partial charge is 0.225 e.